The molecule has 0 aromatic rings. The minimum atomic E-state index is 0. The minimum Gasteiger partial charge on any atom is -1.00 e. The standard InChI is InChI=1S/C6H6N4.ClH/c1-5-8-6-4-7-2-3-10(6)9-5;/h2-4H,1H3;1H. The SMILES string of the molecule is CC1=N[NH+]2C=CN=CC2=N1.[Cl-]. The predicted molar refractivity (Wildman–Crippen MR) is 39.1 cm³/mol. The van der Waals surface area contributed by atoms with Crippen molar-refractivity contribution in [2.45, 2.75) is 6.92 Å². The van der Waals surface area contributed by atoms with E-state index in [1.165, 1.54) is 0 Å². The van der Waals surface area contributed by atoms with Crippen LogP contribution in [0.1, 0.15) is 6.92 Å². The van der Waals surface area contributed by atoms with E-state index in [0.717, 1.165) is 16.7 Å². The average Bonchev–Trinajstić information content (AvgIpc) is 2.27. The maximum atomic E-state index is 4.16. The van der Waals surface area contributed by atoms with Crippen molar-refractivity contribution in [3.05, 3.63) is 12.4 Å². The van der Waals surface area contributed by atoms with E-state index in [0.29, 0.717) is 0 Å². The molecule has 0 aromatic heterocycles. The van der Waals surface area contributed by atoms with E-state index in [4.69, 9.17) is 0 Å². The highest BCUT2D eigenvalue weighted by atomic mass is 35.5. The topological polar surface area (TPSA) is 41.5 Å². The summed E-state index contributed by atoms with van der Waals surface area (Å²) in [5, 5.41) is 5.09. The Morgan fingerprint density at radius 2 is 2.27 bits per heavy atom. The third-order valence-corrected chi connectivity index (χ3v) is 1.34. The first-order valence-corrected chi connectivity index (χ1v) is 3.07. The van der Waals surface area contributed by atoms with Gasteiger partial charge in [-0.15, -0.1) is 5.01 Å². The van der Waals surface area contributed by atoms with Gasteiger partial charge in [-0.1, -0.05) is 5.10 Å². The van der Waals surface area contributed by atoms with Gasteiger partial charge in [0.2, 0.25) is 0 Å². The quantitative estimate of drug-likeness (QED) is 0.387. The van der Waals surface area contributed by atoms with Crippen LogP contribution >= 0.6 is 0 Å². The summed E-state index contributed by atoms with van der Waals surface area (Å²) >= 11 is 0. The first kappa shape index (κ1) is 8.10. The predicted octanol–water partition coefficient (Wildman–Crippen LogP) is -3.82. The number of quaternary nitrogens is 1. The second kappa shape index (κ2) is 2.94. The van der Waals surface area contributed by atoms with Crippen LogP contribution in [0.4, 0.5) is 0 Å². The minimum absolute atomic E-state index is 0. The normalized spacial score (nSPS) is 25.4. The summed E-state index contributed by atoms with van der Waals surface area (Å²) in [6, 6.07) is 0. The van der Waals surface area contributed by atoms with E-state index in [2.05, 4.69) is 15.1 Å². The molecule has 0 spiro atoms. The molecule has 0 saturated heterocycles. The maximum absolute atomic E-state index is 4.16. The summed E-state index contributed by atoms with van der Waals surface area (Å²) in [6.45, 7) is 1.88. The molecule has 1 atom stereocenters. The van der Waals surface area contributed by atoms with Gasteiger partial charge in [-0.05, 0) is 0 Å². The molecule has 0 amide bonds. The lowest BCUT2D eigenvalue weighted by Gasteiger charge is -2.00. The highest BCUT2D eigenvalue weighted by molar-refractivity contribution is 6.28. The summed E-state index contributed by atoms with van der Waals surface area (Å²) in [7, 11) is 0. The van der Waals surface area contributed by atoms with Crippen molar-refractivity contribution in [2.75, 3.05) is 0 Å². The molecular weight excluding hydrogens is 164 g/mol. The van der Waals surface area contributed by atoms with Gasteiger partial charge in [0.1, 0.15) is 12.4 Å². The smallest absolute Gasteiger partial charge is 0.278 e. The van der Waals surface area contributed by atoms with Crippen LogP contribution in [0.2, 0.25) is 0 Å². The molecule has 5 heteroatoms. The molecule has 2 aliphatic rings. The van der Waals surface area contributed by atoms with Crippen LogP contribution < -0.4 is 17.4 Å². The number of nitrogens with zero attached hydrogens (tertiary/aromatic N) is 3. The van der Waals surface area contributed by atoms with Crippen LogP contribution in [0.15, 0.2) is 27.5 Å². The van der Waals surface area contributed by atoms with Crippen molar-refractivity contribution >= 4 is 17.9 Å². The lowest BCUT2D eigenvalue weighted by atomic mass is 10.5. The average molecular weight is 171 g/mol. The first-order valence-electron chi connectivity index (χ1n) is 3.07. The van der Waals surface area contributed by atoms with Gasteiger partial charge in [0.05, 0.1) is 6.20 Å². The number of rotatable bonds is 0. The lowest BCUT2D eigenvalue weighted by molar-refractivity contribution is -0.748. The van der Waals surface area contributed by atoms with Gasteiger partial charge in [-0.2, -0.15) is 4.99 Å². The molecule has 4 nitrogen and oxygen atoms in total. The van der Waals surface area contributed by atoms with Crippen LogP contribution in [0.3, 0.4) is 0 Å². The molecule has 58 valence electrons. The summed E-state index contributed by atoms with van der Waals surface area (Å²) in [6.07, 6.45) is 5.29. The highest BCUT2D eigenvalue weighted by Crippen LogP contribution is 1.86. The molecule has 2 heterocycles. The Balaban J connectivity index is 0.000000605. The van der Waals surface area contributed by atoms with Crippen molar-refractivity contribution in [1.29, 1.82) is 0 Å². The maximum Gasteiger partial charge on any atom is 0.278 e. The van der Waals surface area contributed by atoms with E-state index >= 15 is 0 Å². The largest absolute Gasteiger partial charge is 1.00 e. The molecule has 2 rings (SSSR count). The third-order valence-electron chi connectivity index (χ3n) is 1.34. The molecule has 1 unspecified atom stereocenters. The van der Waals surface area contributed by atoms with Crippen molar-refractivity contribution in [1.82, 2.24) is 0 Å². The van der Waals surface area contributed by atoms with E-state index < -0.39 is 0 Å². The molecule has 0 aliphatic carbocycles. The molecule has 0 bridgehead atoms. The third kappa shape index (κ3) is 1.36. The Morgan fingerprint density at radius 1 is 1.45 bits per heavy atom. The van der Waals surface area contributed by atoms with Crippen LogP contribution in [0.5, 0.6) is 0 Å². The number of hydrogen-bond donors (Lipinski definition) is 1. The van der Waals surface area contributed by atoms with E-state index in [9.17, 15) is 0 Å². The van der Waals surface area contributed by atoms with Gasteiger partial charge >= 0.3 is 0 Å². The summed E-state index contributed by atoms with van der Waals surface area (Å²) in [5.74, 6) is 1.68. The first-order chi connectivity index (χ1) is 4.86. The monoisotopic (exact) mass is 170 g/mol. The van der Waals surface area contributed by atoms with Gasteiger partial charge in [-0.3, -0.25) is 4.99 Å². The van der Waals surface area contributed by atoms with Gasteiger partial charge in [0.25, 0.3) is 5.84 Å². The van der Waals surface area contributed by atoms with Crippen LogP contribution in [0, 0.1) is 0 Å². The molecule has 0 aromatic carbocycles. The van der Waals surface area contributed by atoms with Gasteiger partial charge in [0, 0.05) is 6.92 Å². The number of amidine groups is 2. The van der Waals surface area contributed by atoms with E-state index in [1.807, 2.05) is 13.1 Å². The zero-order chi connectivity index (χ0) is 6.97. The highest BCUT2D eigenvalue weighted by Gasteiger charge is 2.21. The fourth-order valence-electron chi connectivity index (χ4n) is 0.933. The van der Waals surface area contributed by atoms with E-state index in [1.54, 1.807) is 12.4 Å². The number of nitrogens with one attached hydrogen (secondary N) is 1. The van der Waals surface area contributed by atoms with Gasteiger partial charge in [-0.25, -0.2) is 0 Å². The van der Waals surface area contributed by atoms with Crippen LogP contribution in [-0.2, 0) is 0 Å². The number of fused-ring (bicyclic) bond motifs is 1. The summed E-state index contributed by atoms with van der Waals surface area (Å²) in [4.78, 5) is 8.06. The van der Waals surface area contributed by atoms with Crippen molar-refractivity contribution in [3.8, 4) is 0 Å². The van der Waals surface area contributed by atoms with Gasteiger partial charge < -0.3 is 12.4 Å². The Bertz CT molecular complexity index is 276. The van der Waals surface area contributed by atoms with E-state index in [-0.39, 0.29) is 12.4 Å². The molecule has 11 heavy (non-hydrogen) atoms. The Hall–Kier alpha value is -1.00. The van der Waals surface area contributed by atoms with Crippen molar-refractivity contribution < 1.29 is 17.4 Å². The summed E-state index contributed by atoms with van der Waals surface area (Å²) in [5.41, 5.74) is 0. The fraction of sp³-hybridized carbons (Fsp3) is 0.167. The molecule has 0 saturated carbocycles. The Labute approximate surface area is 70.4 Å². The zero-order valence-electron chi connectivity index (χ0n) is 5.95. The molecular formula is C6H7ClN4. The van der Waals surface area contributed by atoms with Crippen molar-refractivity contribution in [3.63, 3.8) is 0 Å². The number of hydrogen-bond acceptors (Lipinski definition) is 3. The van der Waals surface area contributed by atoms with Gasteiger partial charge in [0.15, 0.2) is 5.84 Å². The fourth-order valence-corrected chi connectivity index (χ4v) is 0.933. The lowest BCUT2D eigenvalue weighted by Crippen LogP contribution is -3.05. The number of halogens is 1. The molecule has 0 fully saturated rings. The second-order valence-electron chi connectivity index (χ2n) is 2.14. The Kier molecular flexibility index (Phi) is 2.16. The van der Waals surface area contributed by atoms with Crippen molar-refractivity contribution in [2.24, 2.45) is 15.1 Å². The zero-order valence-corrected chi connectivity index (χ0v) is 6.71. The summed E-state index contributed by atoms with van der Waals surface area (Å²) < 4.78 is 0. The van der Waals surface area contributed by atoms with Crippen LogP contribution in [0.25, 0.3) is 0 Å². The number of aliphatic imine (C=N–C) groups is 2. The Morgan fingerprint density at radius 3 is 3.00 bits per heavy atom. The second-order valence-corrected chi connectivity index (χ2v) is 2.14. The molecule has 2 aliphatic heterocycles. The van der Waals surface area contributed by atoms with Crippen LogP contribution in [-0.4, -0.2) is 17.9 Å². The molecule has 0 radical (unpaired) electrons. The molecule has 1 N–H and O–H groups in total.